The fourth-order valence-electron chi connectivity index (χ4n) is 2.26. The minimum Gasteiger partial charge on any atom is -0.394 e. The molecule has 0 spiro atoms. The lowest BCUT2D eigenvalue weighted by Crippen LogP contribution is -2.28. The summed E-state index contributed by atoms with van der Waals surface area (Å²) in [5.74, 6) is 0.471. The van der Waals surface area contributed by atoms with Crippen molar-refractivity contribution >= 4 is 39.9 Å². The Morgan fingerprint density at radius 2 is 2.00 bits per heavy atom. The molecule has 0 bridgehead atoms. The Labute approximate surface area is 142 Å². The largest absolute Gasteiger partial charge is 0.394 e. The molecule has 2 aromatic heterocycles. The standard InChI is InChI=1S/C15H14Cl2N4O2/c16-11-2-1-10-12(21-4-3-18-8-21)5-13(19-9(6-22)7-23)20-15(10)14(11)17/h1-5,8-9,22-23H,6-7H2,(H,19,20). The third kappa shape index (κ3) is 3.11. The Morgan fingerprint density at radius 3 is 2.65 bits per heavy atom. The van der Waals surface area contributed by atoms with Gasteiger partial charge < -0.3 is 20.1 Å². The molecular formula is C15H14Cl2N4O2. The highest BCUT2D eigenvalue weighted by molar-refractivity contribution is 6.45. The van der Waals surface area contributed by atoms with Gasteiger partial charge in [-0.15, -0.1) is 0 Å². The molecule has 2 heterocycles. The first-order valence-electron chi connectivity index (χ1n) is 6.89. The van der Waals surface area contributed by atoms with Crippen LogP contribution < -0.4 is 5.32 Å². The molecule has 0 saturated heterocycles. The number of fused-ring (bicyclic) bond motifs is 1. The Hall–Kier alpha value is -1.86. The van der Waals surface area contributed by atoms with Gasteiger partial charge in [0.2, 0.25) is 0 Å². The fourth-order valence-corrected chi connectivity index (χ4v) is 2.62. The van der Waals surface area contributed by atoms with E-state index in [0.29, 0.717) is 21.4 Å². The van der Waals surface area contributed by atoms with E-state index < -0.39 is 6.04 Å². The van der Waals surface area contributed by atoms with Gasteiger partial charge in [0.25, 0.3) is 0 Å². The highest BCUT2D eigenvalue weighted by atomic mass is 35.5. The average molecular weight is 353 g/mol. The molecule has 23 heavy (non-hydrogen) atoms. The molecule has 8 heteroatoms. The fraction of sp³-hybridized carbons (Fsp3) is 0.200. The van der Waals surface area contributed by atoms with Crippen LogP contribution in [0.2, 0.25) is 10.0 Å². The highest BCUT2D eigenvalue weighted by Gasteiger charge is 2.14. The summed E-state index contributed by atoms with van der Waals surface area (Å²) in [5.41, 5.74) is 1.34. The smallest absolute Gasteiger partial charge is 0.129 e. The molecule has 3 N–H and O–H groups in total. The molecule has 0 saturated carbocycles. The van der Waals surface area contributed by atoms with Crippen LogP contribution in [0.5, 0.6) is 0 Å². The van der Waals surface area contributed by atoms with E-state index in [1.54, 1.807) is 30.9 Å². The van der Waals surface area contributed by atoms with E-state index >= 15 is 0 Å². The molecule has 120 valence electrons. The Balaban J connectivity index is 2.21. The van der Waals surface area contributed by atoms with Crippen molar-refractivity contribution in [3.8, 4) is 5.69 Å². The van der Waals surface area contributed by atoms with E-state index in [2.05, 4.69) is 15.3 Å². The van der Waals surface area contributed by atoms with Crippen molar-refractivity contribution in [2.24, 2.45) is 0 Å². The maximum Gasteiger partial charge on any atom is 0.129 e. The van der Waals surface area contributed by atoms with Crippen LogP contribution in [0.4, 0.5) is 5.82 Å². The number of pyridine rings is 1. The van der Waals surface area contributed by atoms with Crippen LogP contribution in [0, 0.1) is 0 Å². The van der Waals surface area contributed by atoms with Crippen molar-refractivity contribution < 1.29 is 10.2 Å². The summed E-state index contributed by atoms with van der Waals surface area (Å²) in [6.07, 6.45) is 5.13. The molecule has 0 atom stereocenters. The van der Waals surface area contributed by atoms with Crippen LogP contribution >= 0.6 is 23.2 Å². The lowest BCUT2D eigenvalue weighted by atomic mass is 10.1. The summed E-state index contributed by atoms with van der Waals surface area (Å²) >= 11 is 12.4. The van der Waals surface area contributed by atoms with Crippen LogP contribution in [-0.2, 0) is 0 Å². The Kier molecular flexibility index (Phi) is 4.68. The van der Waals surface area contributed by atoms with E-state index in [0.717, 1.165) is 11.1 Å². The number of hydrogen-bond acceptors (Lipinski definition) is 5. The predicted octanol–water partition coefficient (Wildman–Crippen LogP) is 2.49. The van der Waals surface area contributed by atoms with Gasteiger partial charge in [0, 0.05) is 23.8 Å². The van der Waals surface area contributed by atoms with Gasteiger partial charge in [0.1, 0.15) is 5.82 Å². The van der Waals surface area contributed by atoms with E-state index in [1.807, 2.05) is 10.6 Å². The van der Waals surface area contributed by atoms with Gasteiger partial charge in [-0.25, -0.2) is 9.97 Å². The lowest BCUT2D eigenvalue weighted by Gasteiger charge is -2.17. The number of benzene rings is 1. The molecule has 1 aromatic carbocycles. The van der Waals surface area contributed by atoms with Gasteiger partial charge in [-0.1, -0.05) is 23.2 Å². The molecule has 6 nitrogen and oxygen atoms in total. The van der Waals surface area contributed by atoms with Gasteiger partial charge >= 0.3 is 0 Å². The zero-order chi connectivity index (χ0) is 16.4. The number of anilines is 1. The SMILES string of the molecule is OCC(CO)Nc1cc(-n2ccnc2)c2ccc(Cl)c(Cl)c2n1. The monoisotopic (exact) mass is 352 g/mol. The topological polar surface area (TPSA) is 83.2 Å². The number of hydrogen-bond donors (Lipinski definition) is 3. The maximum absolute atomic E-state index is 9.24. The van der Waals surface area contributed by atoms with Crippen molar-refractivity contribution in [2.75, 3.05) is 18.5 Å². The third-order valence-corrected chi connectivity index (χ3v) is 4.22. The van der Waals surface area contributed by atoms with Gasteiger partial charge in [-0.2, -0.15) is 0 Å². The maximum atomic E-state index is 9.24. The van der Waals surface area contributed by atoms with Crippen LogP contribution in [0.3, 0.4) is 0 Å². The van der Waals surface area contributed by atoms with Crippen molar-refractivity contribution in [1.82, 2.24) is 14.5 Å². The molecule has 0 unspecified atom stereocenters. The first-order chi connectivity index (χ1) is 11.1. The van der Waals surface area contributed by atoms with Crippen LogP contribution in [0.1, 0.15) is 0 Å². The summed E-state index contributed by atoms with van der Waals surface area (Å²) in [6, 6.07) is 4.83. The zero-order valence-electron chi connectivity index (χ0n) is 11.9. The summed E-state index contributed by atoms with van der Waals surface area (Å²) in [5, 5.41) is 23.0. The number of aromatic nitrogens is 3. The second-order valence-electron chi connectivity index (χ2n) is 4.96. The summed E-state index contributed by atoms with van der Waals surface area (Å²) in [6.45, 7) is -0.445. The second kappa shape index (κ2) is 6.72. The van der Waals surface area contributed by atoms with Crippen LogP contribution in [-0.4, -0.2) is 44.0 Å². The van der Waals surface area contributed by atoms with Gasteiger partial charge in [0.15, 0.2) is 0 Å². The van der Waals surface area contributed by atoms with Crippen LogP contribution in [0.15, 0.2) is 36.9 Å². The Morgan fingerprint density at radius 1 is 1.22 bits per heavy atom. The minimum absolute atomic E-state index is 0.222. The zero-order valence-corrected chi connectivity index (χ0v) is 13.5. The van der Waals surface area contributed by atoms with Gasteiger partial charge in [-0.3, -0.25) is 0 Å². The Bertz CT molecular complexity index is 820. The van der Waals surface area contributed by atoms with Crippen molar-refractivity contribution in [1.29, 1.82) is 0 Å². The number of rotatable bonds is 5. The number of halogens is 2. The summed E-state index contributed by atoms with van der Waals surface area (Å²) in [7, 11) is 0. The molecule has 0 radical (unpaired) electrons. The quantitative estimate of drug-likeness (QED) is 0.657. The number of aliphatic hydroxyl groups is 2. The van der Waals surface area contributed by atoms with E-state index in [1.165, 1.54) is 0 Å². The molecular weight excluding hydrogens is 339 g/mol. The minimum atomic E-state index is -0.520. The normalized spacial score (nSPS) is 11.3. The van der Waals surface area contributed by atoms with Crippen molar-refractivity contribution in [3.63, 3.8) is 0 Å². The number of aliphatic hydroxyl groups excluding tert-OH is 2. The molecule has 0 aliphatic heterocycles. The lowest BCUT2D eigenvalue weighted by molar-refractivity contribution is 0.203. The second-order valence-corrected chi connectivity index (χ2v) is 5.75. The van der Waals surface area contributed by atoms with Crippen molar-refractivity contribution in [3.05, 3.63) is 47.0 Å². The first-order valence-corrected chi connectivity index (χ1v) is 7.65. The van der Waals surface area contributed by atoms with Crippen molar-refractivity contribution in [2.45, 2.75) is 6.04 Å². The van der Waals surface area contributed by atoms with E-state index in [-0.39, 0.29) is 13.2 Å². The molecule has 3 rings (SSSR count). The third-order valence-electron chi connectivity index (χ3n) is 3.43. The highest BCUT2D eigenvalue weighted by Crippen LogP contribution is 2.34. The van der Waals surface area contributed by atoms with E-state index in [9.17, 15) is 10.2 Å². The molecule has 0 amide bonds. The average Bonchev–Trinajstić information content (AvgIpc) is 3.10. The molecule has 0 fully saturated rings. The number of imidazole rings is 1. The molecule has 0 aliphatic rings. The van der Waals surface area contributed by atoms with Gasteiger partial charge in [-0.05, 0) is 12.1 Å². The first kappa shape index (κ1) is 16.0. The predicted molar refractivity (Wildman–Crippen MR) is 90.5 cm³/mol. The number of nitrogens with zero attached hydrogens (tertiary/aromatic N) is 3. The van der Waals surface area contributed by atoms with Crippen LogP contribution in [0.25, 0.3) is 16.6 Å². The van der Waals surface area contributed by atoms with E-state index in [4.69, 9.17) is 23.2 Å². The molecule has 3 aromatic rings. The summed E-state index contributed by atoms with van der Waals surface area (Å²) < 4.78 is 1.83. The summed E-state index contributed by atoms with van der Waals surface area (Å²) in [4.78, 5) is 8.51. The molecule has 0 aliphatic carbocycles. The number of nitrogens with one attached hydrogen (secondary N) is 1. The van der Waals surface area contributed by atoms with Gasteiger partial charge in [0.05, 0.1) is 46.8 Å².